The molecule has 0 heterocycles. The van der Waals surface area contributed by atoms with Crippen molar-refractivity contribution in [1.29, 1.82) is 0 Å². The Kier molecular flexibility index (Phi) is 4.61. The number of hydrogen-bond acceptors (Lipinski definition) is 2. The summed E-state index contributed by atoms with van der Waals surface area (Å²) in [5.41, 5.74) is 2.39. The highest BCUT2D eigenvalue weighted by Gasteiger charge is 2.29. The zero-order valence-corrected chi connectivity index (χ0v) is 12.0. The zero-order valence-electron chi connectivity index (χ0n) is 12.0. The lowest BCUT2D eigenvalue weighted by Crippen LogP contribution is -2.29. The molecule has 1 aliphatic rings. The Bertz CT molecular complexity index is 510. The number of nitrogens with one attached hydrogen (secondary N) is 3. The van der Waals surface area contributed by atoms with Crippen molar-refractivity contribution >= 4 is 23.3 Å². The van der Waals surface area contributed by atoms with Gasteiger partial charge in [0.05, 0.1) is 0 Å². The van der Waals surface area contributed by atoms with Crippen LogP contribution < -0.4 is 16.0 Å². The summed E-state index contributed by atoms with van der Waals surface area (Å²) >= 11 is 0. The number of benzene rings is 1. The normalized spacial score (nSPS) is 13.7. The Morgan fingerprint density at radius 2 is 2.00 bits per heavy atom. The molecule has 0 bridgehead atoms. The molecule has 2 rings (SSSR count). The first-order valence-corrected chi connectivity index (χ1v) is 7.06. The molecule has 0 aromatic heterocycles. The average Bonchev–Trinajstić information content (AvgIpc) is 3.24. The van der Waals surface area contributed by atoms with Gasteiger partial charge < -0.3 is 16.0 Å². The molecule has 1 aromatic carbocycles. The van der Waals surface area contributed by atoms with E-state index in [1.165, 1.54) is 0 Å². The fourth-order valence-electron chi connectivity index (χ4n) is 1.83. The Hall–Kier alpha value is -2.04. The maximum Gasteiger partial charge on any atom is 0.319 e. The van der Waals surface area contributed by atoms with Crippen LogP contribution in [0.2, 0.25) is 0 Å². The number of hydrogen-bond donors (Lipinski definition) is 3. The number of urea groups is 1. The van der Waals surface area contributed by atoms with Crippen molar-refractivity contribution in [2.45, 2.75) is 33.1 Å². The Morgan fingerprint density at radius 1 is 1.25 bits per heavy atom. The van der Waals surface area contributed by atoms with Crippen LogP contribution in [0.15, 0.2) is 18.2 Å². The van der Waals surface area contributed by atoms with E-state index in [1.807, 2.05) is 26.0 Å². The molecule has 0 unspecified atom stereocenters. The molecule has 3 N–H and O–H groups in total. The van der Waals surface area contributed by atoms with Crippen molar-refractivity contribution in [3.05, 3.63) is 23.8 Å². The first-order chi connectivity index (χ1) is 9.60. The van der Waals surface area contributed by atoms with Gasteiger partial charge in [-0.2, -0.15) is 0 Å². The SMILES string of the molecule is CCCNC(=O)Nc1cc(NC(=O)C2CC2)ccc1C. The quantitative estimate of drug-likeness (QED) is 0.773. The van der Waals surface area contributed by atoms with Crippen LogP contribution in [0.25, 0.3) is 0 Å². The Balaban J connectivity index is 2.00. The van der Waals surface area contributed by atoms with Crippen LogP contribution in [0.5, 0.6) is 0 Å². The summed E-state index contributed by atoms with van der Waals surface area (Å²) in [6.45, 7) is 4.56. The van der Waals surface area contributed by atoms with Gasteiger partial charge >= 0.3 is 6.03 Å². The van der Waals surface area contributed by atoms with Gasteiger partial charge in [-0.05, 0) is 43.9 Å². The minimum Gasteiger partial charge on any atom is -0.338 e. The molecule has 1 saturated carbocycles. The van der Waals surface area contributed by atoms with E-state index >= 15 is 0 Å². The second-order valence-corrected chi connectivity index (χ2v) is 5.17. The fraction of sp³-hybridized carbons (Fsp3) is 0.467. The summed E-state index contributed by atoms with van der Waals surface area (Å²) in [5, 5.41) is 8.44. The van der Waals surface area contributed by atoms with E-state index in [0.717, 1.165) is 30.5 Å². The number of carbonyl (C=O) groups excluding carboxylic acids is 2. The third kappa shape index (κ3) is 3.98. The predicted molar refractivity (Wildman–Crippen MR) is 79.8 cm³/mol. The smallest absolute Gasteiger partial charge is 0.319 e. The molecule has 1 aliphatic carbocycles. The lowest BCUT2D eigenvalue weighted by Gasteiger charge is -2.12. The van der Waals surface area contributed by atoms with Crippen molar-refractivity contribution < 1.29 is 9.59 Å². The van der Waals surface area contributed by atoms with Gasteiger partial charge in [-0.15, -0.1) is 0 Å². The number of rotatable bonds is 5. The molecule has 3 amide bonds. The summed E-state index contributed by atoms with van der Waals surface area (Å²) in [4.78, 5) is 23.4. The van der Waals surface area contributed by atoms with Crippen LogP contribution in [-0.4, -0.2) is 18.5 Å². The van der Waals surface area contributed by atoms with Gasteiger partial charge in [0.15, 0.2) is 0 Å². The summed E-state index contributed by atoms with van der Waals surface area (Å²) in [6.07, 6.45) is 2.84. The van der Waals surface area contributed by atoms with Crippen LogP contribution >= 0.6 is 0 Å². The topological polar surface area (TPSA) is 70.2 Å². The van der Waals surface area contributed by atoms with Gasteiger partial charge in [-0.3, -0.25) is 4.79 Å². The van der Waals surface area contributed by atoms with Gasteiger partial charge in [-0.1, -0.05) is 13.0 Å². The van der Waals surface area contributed by atoms with Crippen LogP contribution in [-0.2, 0) is 4.79 Å². The van der Waals surface area contributed by atoms with Crippen molar-refractivity contribution in [2.75, 3.05) is 17.2 Å². The molecular weight excluding hydrogens is 254 g/mol. The number of amides is 3. The third-order valence-corrected chi connectivity index (χ3v) is 3.24. The van der Waals surface area contributed by atoms with Crippen LogP contribution in [0.3, 0.4) is 0 Å². The summed E-state index contributed by atoms with van der Waals surface area (Å²) in [6, 6.07) is 5.31. The summed E-state index contributed by atoms with van der Waals surface area (Å²) < 4.78 is 0. The zero-order chi connectivity index (χ0) is 14.5. The minimum atomic E-state index is -0.222. The van der Waals surface area contributed by atoms with E-state index in [0.29, 0.717) is 12.2 Å². The summed E-state index contributed by atoms with van der Waals surface area (Å²) in [7, 11) is 0. The van der Waals surface area contributed by atoms with E-state index in [-0.39, 0.29) is 17.9 Å². The maximum atomic E-state index is 11.7. The van der Waals surface area contributed by atoms with E-state index in [1.54, 1.807) is 6.07 Å². The van der Waals surface area contributed by atoms with E-state index < -0.39 is 0 Å². The van der Waals surface area contributed by atoms with Gasteiger partial charge in [0.2, 0.25) is 5.91 Å². The van der Waals surface area contributed by atoms with Crippen molar-refractivity contribution in [3.63, 3.8) is 0 Å². The van der Waals surface area contributed by atoms with Crippen molar-refractivity contribution in [1.82, 2.24) is 5.32 Å². The predicted octanol–water partition coefficient (Wildman–Crippen LogP) is 2.88. The molecular formula is C15H21N3O2. The fourth-order valence-corrected chi connectivity index (χ4v) is 1.83. The number of anilines is 2. The molecule has 0 spiro atoms. The van der Waals surface area contributed by atoms with Gasteiger partial charge in [-0.25, -0.2) is 4.79 Å². The maximum absolute atomic E-state index is 11.7. The van der Waals surface area contributed by atoms with Gasteiger partial charge in [0.1, 0.15) is 0 Å². The molecule has 1 aromatic rings. The van der Waals surface area contributed by atoms with Crippen molar-refractivity contribution in [2.24, 2.45) is 5.92 Å². The van der Waals surface area contributed by atoms with Gasteiger partial charge in [0, 0.05) is 23.8 Å². The lowest BCUT2D eigenvalue weighted by atomic mass is 10.1. The monoisotopic (exact) mass is 275 g/mol. The van der Waals surface area contributed by atoms with Gasteiger partial charge in [0.25, 0.3) is 0 Å². The van der Waals surface area contributed by atoms with E-state index in [4.69, 9.17) is 0 Å². The molecule has 0 atom stereocenters. The van der Waals surface area contributed by atoms with Crippen molar-refractivity contribution in [3.8, 4) is 0 Å². The molecule has 0 aliphatic heterocycles. The molecule has 5 heteroatoms. The second kappa shape index (κ2) is 6.41. The molecule has 5 nitrogen and oxygen atoms in total. The Labute approximate surface area is 119 Å². The molecule has 1 fully saturated rings. The lowest BCUT2D eigenvalue weighted by molar-refractivity contribution is -0.117. The molecule has 108 valence electrons. The second-order valence-electron chi connectivity index (χ2n) is 5.17. The highest BCUT2D eigenvalue weighted by molar-refractivity contribution is 5.96. The standard InChI is InChI=1S/C15H21N3O2/c1-3-8-16-15(20)18-13-9-12(7-4-10(13)2)17-14(19)11-5-6-11/h4,7,9,11H,3,5-6,8H2,1-2H3,(H,17,19)(H2,16,18,20). The third-order valence-electron chi connectivity index (χ3n) is 3.24. The first-order valence-electron chi connectivity index (χ1n) is 7.06. The number of aryl methyl sites for hydroxylation is 1. The highest BCUT2D eigenvalue weighted by Crippen LogP contribution is 2.30. The average molecular weight is 275 g/mol. The Morgan fingerprint density at radius 3 is 2.65 bits per heavy atom. The van der Waals surface area contributed by atoms with Crippen LogP contribution in [0, 0.1) is 12.8 Å². The summed E-state index contributed by atoms with van der Waals surface area (Å²) in [5.74, 6) is 0.232. The highest BCUT2D eigenvalue weighted by atomic mass is 16.2. The van der Waals surface area contributed by atoms with E-state index in [2.05, 4.69) is 16.0 Å². The molecule has 0 radical (unpaired) electrons. The van der Waals surface area contributed by atoms with Crippen LogP contribution in [0.4, 0.5) is 16.2 Å². The van der Waals surface area contributed by atoms with Crippen LogP contribution in [0.1, 0.15) is 31.7 Å². The van der Waals surface area contributed by atoms with E-state index in [9.17, 15) is 9.59 Å². The first kappa shape index (κ1) is 14.4. The minimum absolute atomic E-state index is 0.0650. The largest absolute Gasteiger partial charge is 0.338 e. The molecule has 20 heavy (non-hydrogen) atoms. The number of carbonyl (C=O) groups is 2. The molecule has 0 saturated heterocycles.